The maximum Gasteiger partial charge on any atom is 0.511 e. The number of carbonyl (C=O) groups excluding carboxylic acids is 1. The normalized spacial score (nSPS) is 10.5. The van der Waals surface area contributed by atoms with E-state index in [2.05, 4.69) is 0 Å². The highest BCUT2D eigenvalue weighted by Gasteiger charge is 2.19. The minimum atomic E-state index is -0.746. The van der Waals surface area contributed by atoms with Crippen LogP contribution < -0.4 is 17.1 Å². The van der Waals surface area contributed by atoms with E-state index in [4.69, 9.17) is 30.8 Å². The molecule has 7 heteroatoms. The zero-order valence-corrected chi connectivity index (χ0v) is 19.6. The van der Waals surface area contributed by atoms with Crippen molar-refractivity contribution in [2.45, 2.75) is 40.5 Å². The van der Waals surface area contributed by atoms with Gasteiger partial charge in [0.1, 0.15) is 5.75 Å². The number of unbranched alkanes of at least 4 members (excludes halogenated alkanes) is 1. The van der Waals surface area contributed by atoms with E-state index < -0.39 is 6.16 Å². The van der Waals surface area contributed by atoms with Crippen molar-refractivity contribution in [3.05, 3.63) is 58.2 Å². The molecule has 3 rings (SSSR count). The van der Waals surface area contributed by atoms with Crippen LogP contribution in [0.4, 0.5) is 4.79 Å². The summed E-state index contributed by atoms with van der Waals surface area (Å²) in [6.45, 7) is 7.99. The molecule has 0 saturated carbocycles. The van der Waals surface area contributed by atoms with E-state index in [-0.39, 0.29) is 19.2 Å². The predicted molar refractivity (Wildman–Crippen MR) is 119 cm³/mol. The number of pyridine rings is 1. The molecule has 0 N–H and O–H groups in total. The van der Waals surface area contributed by atoms with Crippen LogP contribution in [-0.4, -0.2) is 24.5 Å². The van der Waals surface area contributed by atoms with Crippen LogP contribution in [0.25, 0.3) is 22.0 Å². The quantitative estimate of drug-likeness (QED) is 0.303. The standard InChI is InChI=1S/C24H26ClNO4.ClH/c1-5-6-11-28-24(27)30-14-29-23-19-13-20(25)16(3)12-21(19)26-17(4)22(23)18-10-8-7-9-15(18)2;/h7-10,12-13H,5-6,11,14H2,1-4H3;1H/p-1. The van der Waals surface area contributed by atoms with Gasteiger partial charge >= 0.3 is 6.16 Å². The summed E-state index contributed by atoms with van der Waals surface area (Å²) < 4.78 is 16.1. The Labute approximate surface area is 194 Å². The zero-order valence-electron chi connectivity index (χ0n) is 18.1. The van der Waals surface area contributed by atoms with Crippen LogP contribution in [0.15, 0.2) is 36.4 Å². The molecule has 0 atom stereocenters. The van der Waals surface area contributed by atoms with Crippen molar-refractivity contribution < 1.29 is 31.4 Å². The van der Waals surface area contributed by atoms with Crippen LogP contribution in [0.5, 0.6) is 5.75 Å². The van der Waals surface area contributed by atoms with Gasteiger partial charge in [0.2, 0.25) is 6.79 Å². The first-order valence-electron chi connectivity index (χ1n) is 10.0. The van der Waals surface area contributed by atoms with E-state index >= 15 is 0 Å². The second kappa shape index (κ2) is 11.2. The Morgan fingerprint density at radius 1 is 1.06 bits per heavy atom. The molecule has 0 aliphatic heterocycles. The largest absolute Gasteiger partial charge is 1.00 e. The number of carbonyl (C=O) groups is 1. The minimum Gasteiger partial charge on any atom is -1.00 e. The fourth-order valence-corrected chi connectivity index (χ4v) is 3.44. The van der Waals surface area contributed by atoms with Gasteiger partial charge in [-0.05, 0) is 56.0 Å². The third kappa shape index (κ3) is 5.81. The van der Waals surface area contributed by atoms with Gasteiger partial charge in [-0.1, -0.05) is 49.2 Å². The second-order valence-electron chi connectivity index (χ2n) is 7.19. The van der Waals surface area contributed by atoms with E-state index in [0.29, 0.717) is 17.4 Å². The van der Waals surface area contributed by atoms with Gasteiger partial charge < -0.3 is 26.6 Å². The molecule has 2 aromatic carbocycles. The number of ether oxygens (including phenoxy) is 3. The Morgan fingerprint density at radius 2 is 1.81 bits per heavy atom. The van der Waals surface area contributed by atoms with Crippen molar-refractivity contribution in [2.24, 2.45) is 0 Å². The van der Waals surface area contributed by atoms with Crippen molar-refractivity contribution in [1.29, 1.82) is 0 Å². The van der Waals surface area contributed by atoms with Crippen LogP contribution >= 0.6 is 11.6 Å². The highest BCUT2D eigenvalue weighted by atomic mass is 35.5. The number of hydrogen-bond donors (Lipinski definition) is 0. The summed E-state index contributed by atoms with van der Waals surface area (Å²) >= 11 is 6.40. The number of halogens is 2. The van der Waals surface area contributed by atoms with E-state index in [9.17, 15) is 4.79 Å². The smallest absolute Gasteiger partial charge is 0.511 e. The van der Waals surface area contributed by atoms with Crippen molar-refractivity contribution >= 4 is 28.7 Å². The van der Waals surface area contributed by atoms with Gasteiger partial charge in [-0.2, -0.15) is 0 Å². The molecule has 0 fully saturated rings. The summed E-state index contributed by atoms with van der Waals surface area (Å²) in [4.78, 5) is 16.6. The lowest BCUT2D eigenvalue weighted by atomic mass is 9.96. The lowest BCUT2D eigenvalue weighted by molar-refractivity contribution is -0.000196. The maximum absolute atomic E-state index is 11.8. The Kier molecular flexibility index (Phi) is 8.96. The van der Waals surface area contributed by atoms with Gasteiger partial charge in [-0.15, -0.1) is 0 Å². The minimum absolute atomic E-state index is 0. The molecule has 0 radical (unpaired) electrons. The second-order valence-corrected chi connectivity index (χ2v) is 7.60. The number of rotatable bonds is 7. The number of nitrogens with zero attached hydrogens (tertiary/aromatic N) is 1. The number of fused-ring (bicyclic) bond motifs is 1. The van der Waals surface area contributed by atoms with Gasteiger partial charge in [-0.3, -0.25) is 4.98 Å². The molecular weight excluding hydrogens is 437 g/mol. The van der Waals surface area contributed by atoms with E-state index in [1.54, 1.807) is 0 Å². The molecule has 3 aromatic rings. The number of aromatic nitrogens is 1. The van der Waals surface area contributed by atoms with Crippen molar-refractivity contribution in [2.75, 3.05) is 13.4 Å². The molecule has 0 unspecified atom stereocenters. The molecule has 1 heterocycles. The Hall–Kier alpha value is -2.50. The molecule has 31 heavy (non-hydrogen) atoms. The van der Waals surface area contributed by atoms with Crippen molar-refractivity contribution in [3.63, 3.8) is 0 Å². The zero-order chi connectivity index (χ0) is 21.7. The molecule has 1 aromatic heterocycles. The summed E-state index contributed by atoms with van der Waals surface area (Å²) in [7, 11) is 0. The number of aryl methyl sites for hydroxylation is 3. The van der Waals surface area contributed by atoms with Crippen LogP contribution in [0.3, 0.4) is 0 Å². The molecule has 0 saturated heterocycles. The van der Waals surface area contributed by atoms with Gasteiger partial charge in [-0.25, -0.2) is 4.79 Å². The molecule has 0 aliphatic rings. The molecule has 0 amide bonds. The fraction of sp³-hybridized carbons (Fsp3) is 0.333. The highest BCUT2D eigenvalue weighted by Crippen LogP contribution is 2.41. The third-order valence-electron chi connectivity index (χ3n) is 4.91. The first-order chi connectivity index (χ1) is 14.4. The first-order valence-corrected chi connectivity index (χ1v) is 10.4. The average Bonchev–Trinajstić information content (AvgIpc) is 2.70. The maximum atomic E-state index is 11.8. The van der Waals surface area contributed by atoms with Gasteiger partial charge in [0.25, 0.3) is 0 Å². The van der Waals surface area contributed by atoms with Gasteiger partial charge in [0.15, 0.2) is 0 Å². The topological polar surface area (TPSA) is 57.7 Å². The van der Waals surface area contributed by atoms with Gasteiger partial charge in [0, 0.05) is 21.7 Å². The van der Waals surface area contributed by atoms with Crippen LogP contribution in [0, 0.1) is 20.8 Å². The third-order valence-corrected chi connectivity index (χ3v) is 5.32. The monoisotopic (exact) mass is 462 g/mol. The summed E-state index contributed by atoms with van der Waals surface area (Å²) in [5.74, 6) is 0.579. The lowest BCUT2D eigenvalue weighted by Crippen LogP contribution is -3.00. The summed E-state index contributed by atoms with van der Waals surface area (Å²) in [6.07, 6.45) is 0.982. The molecule has 0 aliphatic carbocycles. The van der Waals surface area contributed by atoms with E-state index in [1.807, 2.05) is 64.1 Å². The average molecular weight is 463 g/mol. The SMILES string of the molecule is CCCCOC(=O)OCOc1c(-c2ccccc2C)c(C)nc2cc(C)c(Cl)cc12.[Cl-]. The number of hydrogen-bond acceptors (Lipinski definition) is 5. The first kappa shape index (κ1) is 24.8. The molecular formula is C24H26Cl2NO4-. The van der Waals surface area contributed by atoms with Gasteiger partial charge in [0.05, 0.1) is 12.1 Å². The predicted octanol–water partition coefficient (Wildman–Crippen LogP) is 3.77. The fourth-order valence-electron chi connectivity index (χ4n) is 3.27. The van der Waals surface area contributed by atoms with E-state index in [1.165, 1.54) is 0 Å². The van der Waals surface area contributed by atoms with Crippen molar-refractivity contribution in [3.8, 4) is 16.9 Å². The Morgan fingerprint density at radius 3 is 2.52 bits per heavy atom. The summed E-state index contributed by atoms with van der Waals surface area (Å²) in [6, 6.07) is 11.8. The molecule has 5 nitrogen and oxygen atoms in total. The van der Waals surface area contributed by atoms with Crippen LogP contribution in [0.2, 0.25) is 5.02 Å². The van der Waals surface area contributed by atoms with Crippen LogP contribution in [-0.2, 0) is 9.47 Å². The van der Waals surface area contributed by atoms with E-state index in [0.717, 1.165) is 51.7 Å². The number of benzene rings is 2. The summed E-state index contributed by atoms with van der Waals surface area (Å²) in [5.41, 5.74) is 5.46. The lowest BCUT2D eigenvalue weighted by Gasteiger charge is -2.18. The Balaban J connectivity index is 0.00000341. The highest BCUT2D eigenvalue weighted by molar-refractivity contribution is 6.32. The van der Waals surface area contributed by atoms with Crippen molar-refractivity contribution in [1.82, 2.24) is 4.98 Å². The molecule has 166 valence electrons. The summed E-state index contributed by atoms with van der Waals surface area (Å²) in [5, 5.41) is 1.38. The molecule has 0 bridgehead atoms. The Bertz CT molecular complexity index is 1070. The van der Waals surface area contributed by atoms with Crippen LogP contribution in [0.1, 0.15) is 36.6 Å². The molecule has 0 spiro atoms.